The summed E-state index contributed by atoms with van der Waals surface area (Å²) in [5, 5.41) is 12.7. The number of anilines is 1. The van der Waals surface area contributed by atoms with E-state index >= 15 is 0 Å². The van der Waals surface area contributed by atoms with Crippen LogP contribution in [0, 0.1) is 0 Å². The third-order valence-corrected chi connectivity index (χ3v) is 4.18. The van der Waals surface area contributed by atoms with Crippen LogP contribution in [0.25, 0.3) is 16.8 Å². The standard InChI is InChI=1S/C17H18N6O/c24-17-19-20-21-23(17)16-7-3-14(4-8-16)13-1-5-15(6-2-13)22-11-9-18-10-12-22/h1-8,18H,9-12H2,(H,19,21,24)/i7D. The average molecular weight is 323 g/mol. The number of hydrogen-bond acceptors (Lipinski definition) is 5. The van der Waals surface area contributed by atoms with Gasteiger partial charge in [0.1, 0.15) is 0 Å². The minimum atomic E-state index is -0.457. The van der Waals surface area contributed by atoms with Gasteiger partial charge in [-0.25, -0.2) is 9.89 Å². The van der Waals surface area contributed by atoms with Gasteiger partial charge in [-0.2, -0.15) is 4.68 Å². The third-order valence-electron chi connectivity index (χ3n) is 4.18. The van der Waals surface area contributed by atoms with Crippen LogP contribution >= 0.6 is 0 Å². The number of rotatable bonds is 3. The second-order valence-corrected chi connectivity index (χ2v) is 5.66. The highest BCUT2D eigenvalue weighted by atomic mass is 16.2. The summed E-state index contributed by atoms with van der Waals surface area (Å²) in [6.45, 7) is 4.04. The first kappa shape index (κ1) is 13.5. The van der Waals surface area contributed by atoms with E-state index in [0.717, 1.165) is 42.0 Å². The minimum absolute atomic E-state index is 0.222. The van der Waals surface area contributed by atoms with Crippen LogP contribution in [-0.4, -0.2) is 46.4 Å². The van der Waals surface area contributed by atoms with E-state index in [1.807, 2.05) is 6.07 Å². The normalized spacial score (nSPS) is 15.3. The van der Waals surface area contributed by atoms with Crippen molar-refractivity contribution >= 4 is 5.69 Å². The Bertz CT molecular complexity index is 927. The van der Waals surface area contributed by atoms with Gasteiger partial charge in [-0.3, -0.25) is 0 Å². The van der Waals surface area contributed by atoms with E-state index in [9.17, 15) is 4.79 Å². The fraction of sp³-hybridized carbons (Fsp3) is 0.235. The zero-order valence-electron chi connectivity index (χ0n) is 14.1. The molecule has 122 valence electrons. The topological polar surface area (TPSA) is 78.8 Å². The highest BCUT2D eigenvalue weighted by Crippen LogP contribution is 2.24. The summed E-state index contributed by atoms with van der Waals surface area (Å²) in [6, 6.07) is 13.9. The molecule has 2 heterocycles. The molecule has 0 amide bonds. The lowest BCUT2D eigenvalue weighted by Gasteiger charge is -2.29. The molecule has 7 heteroatoms. The molecule has 0 unspecified atom stereocenters. The van der Waals surface area contributed by atoms with Gasteiger partial charge in [0.05, 0.1) is 7.06 Å². The number of nitrogens with one attached hydrogen (secondary N) is 2. The minimum Gasteiger partial charge on any atom is -0.369 e. The Morgan fingerprint density at radius 2 is 1.62 bits per heavy atom. The summed E-state index contributed by atoms with van der Waals surface area (Å²) in [7, 11) is 0. The molecule has 3 aromatic rings. The van der Waals surface area contributed by atoms with E-state index in [4.69, 9.17) is 1.37 Å². The van der Waals surface area contributed by atoms with Crippen molar-refractivity contribution in [2.24, 2.45) is 0 Å². The van der Waals surface area contributed by atoms with Crippen molar-refractivity contribution in [1.29, 1.82) is 0 Å². The van der Waals surface area contributed by atoms with Crippen LogP contribution in [0.5, 0.6) is 0 Å². The molecule has 1 aliphatic rings. The summed E-state index contributed by atoms with van der Waals surface area (Å²) in [5.74, 6) is 0. The van der Waals surface area contributed by atoms with Gasteiger partial charge in [-0.15, -0.1) is 0 Å². The molecular formula is C17H18N6O. The number of benzene rings is 2. The van der Waals surface area contributed by atoms with Gasteiger partial charge in [0.2, 0.25) is 0 Å². The monoisotopic (exact) mass is 323 g/mol. The van der Waals surface area contributed by atoms with Gasteiger partial charge in [-0.1, -0.05) is 24.3 Å². The molecule has 0 saturated carbocycles. The average Bonchev–Trinajstić information content (AvgIpc) is 3.08. The van der Waals surface area contributed by atoms with Crippen molar-refractivity contribution in [3.05, 3.63) is 59.0 Å². The highest BCUT2D eigenvalue weighted by Gasteiger charge is 2.10. The van der Waals surface area contributed by atoms with Gasteiger partial charge >= 0.3 is 5.69 Å². The number of H-pyrrole nitrogens is 1. The Hall–Kier alpha value is -2.93. The molecule has 1 aliphatic heterocycles. The molecule has 24 heavy (non-hydrogen) atoms. The SMILES string of the molecule is [2H]c1cc(-c2ccc(N3CCNCC3)cc2)ccc1-n1nn[nH]c1=O. The van der Waals surface area contributed by atoms with Gasteiger partial charge in [0.15, 0.2) is 0 Å². The summed E-state index contributed by atoms with van der Waals surface area (Å²) in [5.41, 5.74) is 3.12. The predicted molar refractivity (Wildman–Crippen MR) is 92.5 cm³/mol. The molecule has 1 saturated heterocycles. The Morgan fingerprint density at radius 1 is 0.958 bits per heavy atom. The smallest absolute Gasteiger partial charge is 0.365 e. The quantitative estimate of drug-likeness (QED) is 0.753. The number of aromatic nitrogens is 4. The van der Waals surface area contributed by atoms with E-state index in [0.29, 0.717) is 5.69 Å². The zero-order valence-corrected chi connectivity index (χ0v) is 13.1. The number of nitrogens with zero attached hydrogens (tertiary/aromatic N) is 4. The van der Waals surface area contributed by atoms with Crippen LogP contribution in [0.2, 0.25) is 0 Å². The Kier molecular flexibility index (Phi) is 3.54. The maximum atomic E-state index is 11.6. The van der Waals surface area contributed by atoms with Crippen LogP contribution in [-0.2, 0) is 0 Å². The lowest BCUT2D eigenvalue weighted by atomic mass is 10.0. The van der Waals surface area contributed by atoms with E-state index < -0.39 is 5.69 Å². The van der Waals surface area contributed by atoms with Crippen LogP contribution < -0.4 is 15.9 Å². The Balaban J connectivity index is 1.60. The Labute approximate surface area is 140 Å². The van der Waals surface area contributed by atoms with E-state index in [1.165, 1.54) is 5.69 Å². The van der Waals surface area contributed by atoms with E-state index in [2.05, 4.69) is 50.0 Å². The Morgan fingerprint density at radius 3 is 2.25 bits per heavy atom. The fourth-order valence-electron chi connectivity index (χ4n) is 2.87. The first-order valence-electron chi connectivity index (χ1n) is 8.40. The second kappa shape index (κ2) is 6.29. The van der Waals surface area contributed by atoms with E-state index in [1.54, 1.807) is 12.1 Å². The largest absolute Gasteiger partial charge is 0.369 e. The maximum Gasteiger partial charge on any atom is 0.365 e. The van der Waals surface area contributed by atoms with Gasteiger partial charge in [0.25, 0.3) is 0 Å². The molecule has 0 atom stereocenters. The van der Waals surface area contributed by atoms with Crippen molar-refractivity contribution in [2.45, 2.75) is 0 Å². The van der Waals surface area contributed by atoms with Crippen molar-refractivity contribution in [2.75, 3.05) is 31.1 Å². The van der Waals surface area contributed by atoms with Gasteiger partial charge in [-0.05, 0) is 45.8 Å². The van der Waals surface area contributed by atoms with Crippen LogP contribution in [0.3, 0.4) is 0 Å². The maximum absolute atomic E-state index is 11.6. The summed E-state index contributed by atoms with van der Waals surface area (Å²) >= 11 is 0. The van der Waals surface area contributed by atoms with Gasteiger partial charge < -0.3 is 10.2 Å². The van der Waals surface area contributed by atoms with Crippen LogP contribution in [0.4, 0.5) is 5.69 Å². The number of aromatic amines is 1. The molecule has 0 spiro atoms. The molecule has 0 bridgehead atoms. The molecule has 7 nitrogen and oxygen atoms in total. The van der Waals surface area contributed by atoms with Crippen molar-refractivity contribution in [3.63, 3.8) is 0 Å². The second-order valence-electron chi connectivity index (χ2n) is 5.66. The summed E-state index contributed by atoms with van der Waals surface area (Å²) in [6.07, 6.45) is 0. The molecule has 0 aliphatic carbocycles. The molecule has 1 fully saturated rings. The number of hydrogen-bond donors (Lipinski definition) is 2. The lowest BCUT2D eigenvalue weighted by Crippen LogP contribution is -2.43. The molecular weight excluding hydrogens is 304 g/mol. The third kappa shape index (κ3) is 2.81. The molecule has 2 aromatic carbocycles. The molecule has 1 aromatic heterocycles. The molecule has 0 radical (unpaired) electrons. The first-order valence-corrected chi connectivity index (χ1v) is 7.90. The molecule has 4 rings (SSSR count). The van der Waals surface area contributed by atoms with Crippen molar-refractivity contribution < 1.29 is 1.37 Å². The molecule has 2 N–H and O–H groups in total. The van der Waals surface area contributed by atoms with Crippen molar-refractivity contribution in [1.82, 2.24) is 25.5 Å². The summed E-state index contributed by atoms with van der Waals surface area (Å²) in [4.78, 5) is 14.0. The highest BCUT2D eigenvalue weighted by molar-refractivity contribution is 5.67. The van der Waals surface area contributed by atoms with Crippen LogP contribution in [0.1, 0.15) is 1.37 Å². The number of piperazine rings is 1. The summed E-state index contributed by atoms with van der Waals surface area (Å²) < 4.78 is 9.26. The lowest BCUT2D eigenvalue weighted by molar-refractivity contribution is 0.589. The predicted octanol–water partition coefficient (Wildman–Crippen LogP) is 1.03. The number of tetrazole rings is 1. The van der Waals surface area contributed by atoms with Crippen molar-refractivity contribution in [3.8, 4) is 16.8 Å². The van der Waals surface area contributed by atoms with Crippen LogP contribution in [0.15, 0.2) is 53.3 Å². The van der Waals surface area contributed by atoms with E-state index in [-0.39, 0.29) is 6.04 Å². The first-order chi connectivity index (χ1) is 12.2. The fourth-order valence-corrected chi connectivity index (χ4v) is 2.87. The zero-order chi connectivity index (χ0) is 17.2. The van der Waals surface area contributed by atoms with Gasteiger partial charge in [0, 0.05) is 31.9 Å².